The highest BCUT2D eigenvalue weighted by atomic mass is 35.5. The van der Waals surface area contributed by atoms with Crippen LogP contribution in [0.25, 0.3) is 0 Å². The molecule has 0 saturated heterocycles. The molecule has 2 nitrogen and oxygen atoms in total. The van der Waals surface area contributed by atoms with E-state index in [2.05, 4.69) is 5.32 Å². The molecule has 1 N–H and O–H groups in total. The van der Waals surface area contributed by atoms with Crippen molar-refractivity contribution < 1.29 is 0 Å². The maximum Gasteiger partial charge on any atom is 0.263 e. The normalized spacial score (nSPS) is 10.1. The Hall–Kier alpha value is -0.840. The third-order valence-electron chi connectivity index (χ3n) is 1.61. The molecule has 0 saturated carbocycles. The summed E-state index contributed by atoms with van der Waals surface area (Å²) in [5.41, 5.74) is 0.934. The van der Waals surface area contributed by atoms with Crippen LogP contribution in [0, 0.1) is 0 Å². The van der Waals surface area contributed by atoms with Gasteiger partial charge in [-0.3, -0.25) is 4.79 Å². The van der Waals surface area contributed by atoms with Gasteiger partial charge >= 0.3 is 0 Å². The van der Waals surface area contributed by atoms with Gasteiger partial charge in [0.15, 0.2) is 0 Å². The summed E-state index contributed by atoms with van der Waals surface area (Å²) >= 11 is 5.80. The number of benzene rings is 1. The van der Waals surface area contributed by atoms with Crippen LogP contribution in [0.4, 0.5) is 10.7 Å². The topological polar surface area (TPSA) is 29.1 Å². The summed E-state index contributed by atoms with van der Waals surface area (Å²) in [5.74, 6) is 0. The van der Waals surface area contributed by atoms with Crippen LogP contribution in [0.2, 0.25) is 5.02 Å². The molecule has 0 unspecified atom stereocenters. The molecular formula is C9H6ClNOS2. The van der Waals surface area contributed by atoms with Crippen molar-refractivity contribution in [2.45, 2.75) is 0 Å². The quantitative estimate of drug-likeness (QED) is 0.817. The summed E-state index contributed by atoms with van der Waals surface area (Å²) in [5, 5.41) is 4.09. The first kappa shape index (κ1) is 9.71. The van der Waals surface area contributed by atoms with E-state index in [0.29, 0.717) is 5.00 Å². The first-order valence-electron chi connectivity index (χ1n) is 3.88. The van der Waals surface area contributed by atoms with Crippen LogP contribution in [0.1, 0.15) is 0 Å². The van der Waals surface area contributed by atoms with Gasteiger partial charge in [0.2, 0.25) is 0 Å². The fourth-order valence-corrected chi connectivity index (χ4v) is 3.35. The van der Waals surface area contributed by atoms with E-state index in [1.807, 2.05) is 30.3 Å². The van der Waals surface area contributed by atoms with E-state index in [9.17, 15) is 4.79 Å². The van der Waals surface area contributed by atoms with E-state index in [1.165, 1.54) is 10.3 Å². The number of halogens is 1. The Kier molecular flexibility index (Phi) is 2.86. The second kappa shape index (κ2) is 4.13. The Morgan fingerprint density at radius 3 is 2.43 bits per heavy atom. The highest BCUT2D eigenvalue weighted by Gasteiger charge is 2.07. The lowest BCUT2D eigenvalue weighted by Crippen LogP contribution is -1.92. The Balaban J connectivity index is 2.28. The number of para-hydroxylation sites is 1. The van der Waals surface area contributed by atoms with Crippen LogP contribution < -0.4 is 10.1 Å². The van der Waals surface area contributed by atoms with Gasteiger partial charge in [-0.2, -0.15) is 0 Å². The Morgan fingerprint density at radius 2 is 1.86 bits per heavy atom. The number of hydrogen-bond acceptors (Lipinski definition) is 4. The van der Waals surface area contributed by atoms with Gasteiger partial charge in [0.1, 0.15) is 10.0 Å². The lowest BCUT2D eigenvalue weighted by molar-refractivity contribution is 1.61. The van der Waals surface area contributed by atoms with E-state index in [0.717, 1.165) is 16.0 Å². The summed E-state index contributed by atoms with van der Waals surface area (Å²) in [6.45, 7) is 0. The summed E-state index contributed by atoms with van der Waals surface area (Å²) in [6, 6.07) is 9.62. The zero-order valence-corrected chi connectivity index (χ0v) is 9.38. The van der Waals surface area contributed by atoms with Gasteiger partial charge in [-0.15, -0.1) is 0 Å². The largest absolute Gasteiger partial charge is 0.345 e. The van der Waals surface area contributed by atoms with Crippen molar-refractivity contribution in [2.75, 3.05) is 5.32 Å². The van der Waals surface area contributed by atoms with Crippen LogP contribution in [0.15, 0.2) is 35.1 Å². The molecule has 1 heterocycles. The van der Waals surface area contributed by atoms with Gasteiger partial charge in [0, 0.05) is 5.69 Å². The monoisotopic (exact) mass is 243 g/mol. The number of rotatable bonds is 2. The van der Waals surface area contributed by atoms with Gasteiger partial charge in [-0.1, -0.05) is 40.1 Å². The van der Waals surface area contributed by atoms with E-state index in [1.54, 1.807) is 0 Å². The second-order valence-electron chi connectivity index (χ2n) is 2.59. The molecule has 0 aliphatic rings. The lowest BCUT2D eigenvalue weighted by atomic mass is 10.3. The van der Waals surface area contributed by atoms with Crippen molar-refractivity contribution in [3.63, 3.8) is 0 Å². The molecule has 0 bridgehead atoms. The van der Waals surface area contributed by atoms with E-state index >= 15 is 0 Å². The van der Waals surface area contributed by atoms with Crippen molar-refractivity contribution in [3.8, 4) is 0 Å². The van der Waals surface area contributed by atoms with Crippen molar-refractivity contribution in [1.82, 2.24) is 0 Å². The molecular weight excluding hydrogens is 238 g/mol. The third kappa shape index (κ3) is 1.97. The predicted octanol–water partition coefficient (Wildman–Crippen LogP) is 3.57. The first-order valence-corrected chi connectivity index (χ1v) is 6.41. The minimum atomic E-state index is -0.0879. The molecule has 72 valence electrons. The molecule has 1 aromatic carbocycles. The second-order valence-corrected chi connectivity index (χ2v) is 5.08. The molecule has 2 rings (SSSR count). The Labute approximate surface area is 93.2 Å². The average molecular weight is 244 g/mol. The van der Waals surface area contributed by atoms with Crippen LogP contribution >= 0.6 is 32.3 Å². The van der Waals surface area contributed by atoms with Crippen molar-refractivity contribution in [2.24, 2.45) is 0 Å². The van der Waals surface area contributed by atoms with Gasteiger partial charge in [0.25, 0.3) is 4.74 Å². The zero-order chi connectivity index (χ0) is 9.97. The summed E-state index contributed by atoms with van der Waals surface area (Å²) in [6.07, 6.45) is 0. The molecule has 5 heteroatoms. The van der Waals surface area contributed by atoms with E-state index < -0.39 is 0 Å². The van der Waals surface area contributed by atoms with Crippen molar-refractivity contribution in [1.29, 1.82) is 0 Å². The molecule has 0 spiro atoms. The average Bonchev–Trinajstić information content (AvgIpc) is 2.52. The molecule has 0 aliphatic carbocycles. The Bertz CT molecular complexity index is 477. The van der Waals surface area contributed by atoms with Crippen LogP contribution in [-0.2, 0) is 0 Å². The molecule has 0 amide bonds. The standard InChI is InChI=1S/C9H6ClNOS2/c10-7-8(13-14-9(7)12)11-6-4-2-1-3-5-6/h1-5,11H. The molecule has 2 aromatic rings. The maximum atomic E-state index is 11.1. The van der Waals surface area contributed by atoms with Crippen molar-refractivity contribution >= 4 is 43.0 Å². The van der Waals surface area contributed by atoms with Gasteiger partial charge in [-0.05, 0) is 22.5 Å². The van der Waals surface area contributed by atoms with Crippen LogP contribution in [-0.4, -0.2) is 0 Å². The minimum absolute atomic E-state index is 0.0879. The molecule has 0 atom stereocenters. The zero-order valence-electron chi connectivity index (χ0n) is 6.99. The van der Waals surface area contributed by atoms with Crippen LogP contribution in [0.3, 0.4) is 0 Å². The number of nitrogens with one attached hydrogen (secondary N) is 1. The Morgan fingerprint density at radius 1 is 1.14 bits per heavy atom. The van der Waals surface area contributed by atoms with Gasteiger partial charge in [0.05, 0.1) is 0 Å². The molecule has 1 aromatic heterocycles. The third-order valence-corrected chi connectivity index (χ3v) is 4.31. The summed E-state index contributed by atoms with van der Waals surface area (Å²) in [7, 11) is 2.50. The number of hydrogen-bond donors (Lipinski definition) is 1. The maximum absolute atomic E-state index is 11.1. The molecule has 0 fully saturated rings. The molecule has 0 radical (unpaired) electrons. The summed E-state index contributed by atoms with van der Waals surface area (Å²) in [4.78, 5) is 11.1. The van der Waals surface area contributed by atoms with Crippen molar-refractivity contribution in [3.05, 3.63) is 44.9 Å². The summed E-state index contributed by atoms with van der Waals surface area (Å²) < 4.78 is -0.0879. The predicted molar refractivity (Wildman–Crippen MR) is 63.2 cm³/mol. The van der Waals surface area contributed by atoms with Crippen LogP contribution in [0.5, 0.6) is 0 Å². The SMILES string of the molecule is O=c1ssc(Nc2ccccc2)c1Cl. The lowest BCUT2D eigenvalue weighted by Gasteiger charge is -2.01. The number of anilines is 2. The first-order chi connectivity index (χ1) is 6.77. The molecule has 0 aliphatic heterocycles. The van der Waals surface area contributed by atoms with E-state index in [-0.39, 0.29) is 9.77 Å². The van der Waals surface area contributed by atoms with E-state index in [4.69, 9.17) is 11.6 Å². The minimum Gasteiger partial charge on any atom is -0.345 e. The fraction of sp³-hybridized carbons (Fsp3) is 0. The van der Waals surface area contributed by atoms with Gasteiger partial charge in [-0.25, -0.2) is 0 Å². The van der Waals surface area contributed by atoms with Gasteiger partial charge < -0.3 is 5.32 Å². The molecule has 14 heavy (non-hydrogen) atoms. The smallest absolute Gasteiger partial charge is 0.263 e. The fourth-order valence-electron chi connectivity index (χ4n) is 0.974. The highest BCUT2D eigenvalue weighted by Crippen LogP contribution is 2.29. The highest BCUT2D eigenvalue weighted by molar-refractivity contribution is 7.70.